The van der Waals surface area contributed by atoms with Gasteiger partial charge in [0.05, 0.1) is 5.69 Å². The lowest BCUT2D eigenvalue weighted by atomic mass is 10.2. The maximum absolute atomic E-state index is 5.92. The van der Waals surface area contributed by atoms with E-state index in [2.05, 4.69) is 28.7 Å². The van der Waals surface area contributed by atoms with Gasteiger partial charge in [-0.3, -0.25) is 0 Å². The second-order valence-electron chi connectivity index (χ2n) is 4.02. The highest BCUT2D eigenvalue weighted by atomic mass is 35.5. The van der Waals surface area contributed by atoms with Crippen molar-refractivity contribution in [2.24, 2.45) is 9.63 Å². The molecule has 0 bridgehead atoms. The first kappa shape index (κ1) is 13.1. The molecule has 2 aromatic rings. The van der Waals surface area contributed by atoms with Crippen molar-refractivity contribution >= 4 is 29.2 Å². The van der Waals surface area contributed by atoms with Gasteiger partial charge < -0.3 is 0 Å². The third kappa shape index (κ3) is 3.59. The van der Waals surface area contributed by atoms with Crippen molar-refractivity contribution in [3.63, 3.8) is 0 Å². The summed E-state index contributed by atoms with van der Waals surface area (Å²) in [4.78, 5) is 1.07. The normalized spacial score (nSPS) is 11.1. The van der Waals surface area contributed by atoms with E-state index < -0.39 is 0 Å². The summed E-state index contributed by atoms with van der Waals surface area (Å²) in [6.45, 7) is 4.05. The van der Waals surface area contributed by atoms with E-state index in [0.29, 0.717) is 5.02 Å². The number of hydrogen-bond acceptors (Lipinski definition) is 3. The Hall–Kier alpha value is -1.32. The molecule has 0 saturated heterocycles. The summed E-state index contributed by atoms with van der Waals surface area (Å²) >= 11 is 7.28. The van der Waals surface area contributed by atoms with E-state index in [1.54, 1.807) is 0 Å². The van der Waals surface area contributed by atoms with Gasteiger partial charge in [0.15, 0.2) is 0 Å². The van der Waals surface area contributed by atoms with E-state index in [0.717, 1.165) is 16.1 Å². The predicted molar refractivity (Wildman–Crippen MR) is 77.7 cm³/mol. The van der Waals surface area contributed by atoms with Crippen LogP contribution in [0.4, 0.5) is 5.69 Å². The minimum absolute atomic E-state index is 0.676. The molecule has 2 aromatic carbocycles. The quantitative estimate of drug-likeness (QED) is 0.517. The molecule has 0 aromatic heterocycles. The Morgan fingerprint density at radius 3 is 2.44 bits per heavy atom. The van der Waals surface area contributed by atoms with Crippen molar-refractivity contribution in [3.05, 3.63) is 58.6 Å². The lowest BCUT2D eigenvalue weighted by Crippen LogP contribution is -1.73. The summed E-state index contributed by atoms with van der Waals surface area (Å²) in [5, 5.41) is 4.86. The predicted octanol–water partition coefficient (Wildman–Crippen LogP) is 5.75. The summed E-state index contributed by atoms with van der Waals surface area (Å²) in [5.74, 6) is 0. The molecule has 0 atom stereocenters. The van der Waals surface area contributed by atoms with Gasteiger partial charge in [0.25, 0.3) is 0 Å². The molecule has 2 rings (SSSR count). The van der Waals surface area contributed by atoms with Gasteiger partial charge in [0, 0.05) is 21.9 Å². The van der Waals surface area contributed by atoms with Crippen LogP contribution < -0.4 is 0 Å². The minimum atomic E-state index is 0.676. The first-order valence-electron chi connectivity index (χ1n) is 5.56. The van der Waals surface area contributed by atoms with Gasteiger partial charge in [-0.1, -0.05) is 35.4 Å². The Balaban J connectivity index is 2.07. The molecule has 0 N–H and O–H groups in total. The number of aryl methyl sites for hydroxylation is 2. The summed E-state index contributed by atoms with van der Waals surface area (Å²) in [5.41, 5.74) is 3.11. The molecule has 0 aliphatic carbocycles. The number of benzene rings is 2. The zero-order valence-corrected chi connectivity index (χ0v) is 11.8. The third-order valence-electron chi connectivity index (χ3n) is 2.49. The van der Waals surface area contributed by atoms with Crippen LogP contribution >= 0.6 is 23.5 Å². The molecular formula is C14H13ClN2S. The van der Waals surface area contributed by atoms with E-state index in [4.69, 9.17) is 11.6 Å². The highest BCUT2D eigenvalue weighted by molar-refractivity contribution is 7.97. The highest BCUT2D eigenvalue weighted by Crippen LogP contribution is 2.26. The van der Waals surface area contributed by atoms with E-state index in [1.165, 1.54) is 17.5 Å². The molecule has 0 radical (unpaired) electrons. The Morgan fingerprint density at radius 2 is 1.72 bits per heavy atom. The molecule has 0 spiro atoms. The van der Waals surface area contributed by atoms with Gasteiger partial charge in [0.2, 0.25) is 0 Å². The second-order valence-corrected chi connectivity index (χ2v) is 5.27. The van der Waals surface area contributed by atoms with E-state index in [-0.39, 0.29) is 0 Å². The Morgan fingerprint density at radius 1 is 1.00 bits per heavy atom. The van der Waals surface area contributed by atoms with Crippen LogP contribution in [0.1, 0.15) is 11.1 Å². The molecule has 0 amide bonds. The van der Waals surface area contributed by atoms with Gasteiger partial charge in [-0.2, -0.15) is 0 Å². The molecule has 0 saturated carbocycles. The van der Waals surface area contributed by atoms with Crippen LogP contribution in [0.25, 0.3) is 0 Å². The fourth-order valence-corrected chi connectivity index (χ4v) is 2.05. The van der Waals surface area contributed by atoms with Crippen molar-refractivity contribution in [3.8, 4) is 0 Å². The SMILES string of the molecule is Cc1ccc(SN=Nc2cc(Cl)ccc2C)cc1. The third-order valence-corrected chi connectivity index (χ3v) is 3.37. The molecule has 0 heterocycles. The fraction of sp³-hybridized carbons (Fsp3) is 0.143. The smallest absolute Gasteiger partial charge is 0.0907 e. The van der Waals surface area contributed by atoms with Gasteiger partial charge >= 0.3 is 0 Å². The molecule has 92 valence electrons. The summed E-state index contributed by atoms with van der Waals surface area (Å²) in [6.07, 6.45) is 0. The first-order chi connectivity index (χ1) is 8.65. The van der Waals surface area contributed by atoms with Crippen LogP contribution in [0, 0.1) is 13.8 Å². The molecule has 0 aliphatic rings. The van der Waals surface area contributed by atoms with Crippen molar-refractivity contribution in [1.82, 2.24) is 0 Å². The molecule has 0 unspecified atom stereocenters. The highest BCUT2D eigenvalue weighted by Gasteiger charge is 1.98. The van der Waals surface area contributed by atoms with Crippen LogP contribution in [0.5, 0.6) is 0 Å². The van der Waals surface area contributed by atoms with Crippen molar-refractivity contribution in [1.29, 1.82) is 0 Å². The lowest BCUT2D eigenvalue weighted by molar-refractivity contribution is 1.28. The number of hydrogen-bond donors (Lipinski definition) is 0. The molecule has 18 heavy (non-hydrogen) atoms. The van der Waals surface area contributed by atoms with E-state index >= 15 is 0 Å². The van der Waals surface area contributed by atoms with Crippen LogP contribution in [0.15, 0.2) is 57.0 Å². The average Bonchev–Trinajstić information content (AvgIpc) is 2.36. The number of halogens is 1. The van der Waals surface area contributed by atoms with Gasteiger partial charge in [-0.15, -0.1) is 9.63 Å². The standard InChI is InChI=1S/C14H13ClN2S/c1-10-3-7-13(8-4-10)18-17-16-14-9-12(15)6-5-11(14)2/h3-9H,1-2H3. The fourth-order valence-electron chi connectivity index (χ4n) is 1.40. The number of rotatable bonds is 3. The monoisotopic (exact) mass is 276 g/mol. The topological polar surface area (TPSA) is 24.7 Å². The molecule has 0 fully saturated rings. The Bertz CT molecular complexity index is 565. The largest absolute Gasteiger partial charge is 0.143 e. The lowest BCUT2D eigenvalue weighted by Gasteiger charge is -1.99. The Labute approximate surface area is 116 Å². The molecule has 0 aliphatic heterocycles. The zero-order chi connectivity index (χ0) is 13.0. The Kier molecular flexibility index (Phi) is 4.39. The van der Waals surface area contributed by atoms with Crippen molar-refractivity contribution in [2.75, 3.05) is 0 Å². The summed E-state index contributed by atoms with van der Waals surface area (Å²) in [6, 6.07) is 13.8. The van der Waals surface area contributed by atoms with Gasteiger partial charge in [0.1, 0.15) is 0 Å². The van der Waals surface area contributed by atoms with Gasteiger partial charge in [-0.25, -0.2) is 0 Å². The molecular weight excluding hydrogens is 264 g/mol. The van der Waals surface area contributed by atoms with Crippen molar-refractivity contribution < 1.29 is 0 Å². The van der Waals surface area contributed by atoms with Gasteiger partial charge in [-0.05, 0) is 43.7 Å². The zero-order valence-electron chi connectivity index (χ0n) is 10.2. The number of nitrogens with zero attached hydrogens (tertiary/aromatic N) is 2. The van der Waals surface area contributed by atoms with E-state index in [1.807, 2.05) is 37.3 Å². The van der Waals surface area contributed by atoms with Crippen molar-refractivity contribution in [2.45, 2.75) is 18.7 Å². The first-order valence-corrected chi connectivity index (χ1v) is 6.71. The molecule has 2 nitrogen and oxygen atoms in total. The summed E-state index contributed by atoms with van der Waals surface area (Å²) in [7, 11) is 0. The van der Waals surface area contributed by atoms with Crippen LogP contribution in [-0.2, 0) is 0 Å². The maximum atomic E-state index is 5.92. The minimum Gasteiger partial charge on any atom is -0.143 e. The average molecular weight is 277 g/mol. The maximum Gasteiger partial charge on any atom is 0.0907 e. The van der Waals surface area contributed by atoms with Crippen LogP contribution in [0.2, 0.25) is 5.02 Å². The second kappa shape index (κ2) is 6.03. The van der Waals surface area contributed by atoms with Crippen LogP contribution in [0.3, 0.4) is 0 Å². The van der Waals surface area contributed by atoms with Crippen LogP contribution in [-0.4, -0.2) is 0 Å². The van der Waals surface area contributed by atoms with E-state index in [9.17, 15) is 0 Å². The molecule has 4 heteroatoms. The summed E-state index contributed by atoms with van der Waals surface area (Å²) < 4.78 is 4.13.